The summed E-state index contributed by atoms with van der Waals surface area (Å²) in [6.07, 6.45) is 2.56. The van der Waals surface area contributed by atoms with Gasteiger partial charge in [-0.3, -0.25) is 9.59 Å². The molecule has 2 aromatic rings. The van der Waals surface area contributed by atoms with Gasteiger partial charge in [0.1, 0.15) is 0 Å². The zero-order valence-electron chi connectivity index (χ0n) is 17.5. The van der Waals surface area contributed by atoms with Crippen molar-refractivity contribution in [3.05, 3.63) is 51.2 Å². The molecule has 0 spiro atoms. The molecule has 0 radical (unpaired) electrons. The van der Waals surface area contributed by atoms with Crippen molar-refractivity contribution in [3.8, 4) is 0 Å². The molecule has 0 saturated carbocycles. The van der Waals surface area contributed by atoms with Crippen molar-refractivity contribution in [2.24, 2.45) is 5.92 Å². The van der Waals surface area contributed by atoms with Gasteiger partial charge in [0.05, 0.1) is 4.88 Å². The van der Waals surface area contributed by atoms with Crippen LogP contribution in [0.15, 0.2) is 30.3 Å². The van der Waals surface area contributed by atoms with Crippen molar-refractivity contribution in [1.29, 1.82) is 0 Å². The van der Waals surface area contributed by atoms with E-state index in [0.29, 0.717) is 0 Å². The van der Waals surface area contributed by atoms with E-state index < -0.39 is 0 Å². The van der Waals surface area contributed by atoms with Crippen LogP contribution in [0.5, 0.6) is 0 Å². The highest BCUT2D eigenvalue weighted by Crippen LogP contribution is 2.34. The van der Waals surface area contributed by atoms with E-state index in [1.807, 2.05) is 11.0 Å². The van der Waals surface area contributed by atoms with Crippen LogP contribution in [0.25, 0.3) is 0 Å². The number of carbonyl (C=O) groups is 2. The molecule has 1 aliphatic heterocycles. The van der Waals surface area contributed by atoms with Crippen molar-refractivity contribution in [2.75, 3.05) is 45.2 Å². The summed E-state index contributed by atoms with van der Waals surface area (Å²) in [7, 11) is 3.56. The van der Waals surface area contributed by atoms with Crippen LogP contribution in [0.1, 0.15) is 32.1 Å². The minimum Gasteiger partial charge on any atom is -0.368 e. The number of fused-ring (bicyclic) bond motifs is 1. The van der Waals surface area contributed by atoms with Crippen molar-refractivity contribution < 1.29 is 9.59 Å². The topological polar surface area (TPSA) is 43.9 Å². The number of anilines is 1. The van der Waals surface area contributed by atoms with Crippen LogP contribution in [0.4, 0.5) is 5.69 Å². The molecule has 2 heterocycles. The Morgan fingerprint density at radius 3 is 2.41 bits per heavy atom. The molecule has 1 unspecified atom stereocenters. The molecular weight excluding hydrogens is 382 g/mol. The quantitative estimate of drug-likeness (QED) is 0.779. The van der Waals surface area contributed by atoms with Gasteiger partial charge in [-0.2, -0.15) is 0 Å². The molecule has 154 valence electrons. The standard InChI is InChI=1S/C23H29N3O2S/c1-16-4-7-19(8-5-16)25-10-12-26(13-11-25)22(27)17-6-9-20-18(14-17)15-21(29-20)23(28)24(2)3/h4-5,7-8,15,17H,6,9-14H2,1-3H3. The maximum Gasteiger partial charge on any atom is 0.263 e. The van der Waals surface area contributed by atoms with Gasteiger partial charge in [-0.25, -0.2) is 0 Å². The number of amides is 2. The normalized spacial score (nSPS) is 19.1. The Hall–Kier alpha value is -2.34. The van der Waals surface area contributed by atoms with Gasteiger partial charge < -0.3 is 14.7 Å². The van der Waals surface area contributed by atoms with Crippen LogP contribution in [0, 0.1) is 12.8 Å². The molecule has 1 aromatic carbocycles. The van der Waals surface area contributed by atoms with Crippen LogP contribution in [0.2, 0.25) is 0 Å². The first-order valence-electron chi connectivity index (χ1n) is 10.4. The molecule has 5 nitrogen and oxygen atoms in total. The first kappa shape index (κ1) is 20.0. The maximum atomic E-state index is 13.1. The molecular formula is C23H29N3O2S. The SMILES string of the molecule is Cc1ccc(N2CCN(C(=O)C3CCc4sc(C(=O)N(C)C)cc4C3)CC2)cc1. The molecule has 1 fully saturated rings. The van der Waals surface area contributed by atoms with E-state index in [4.69, 9.17) is 0 Å². The Balaban J connectivity index is 1.36. The Kier molecular flexibility index (Phi) is 5.63. The average Bonchev–Trinajstić information content (AvgIpc) is 3.16. The van der Waals surface area contributed by atoms with Gasteiger partial charge in [0.2, 0.25) is 5.91 Å². The summed E-state index contributed by atoms with van der Waals surface area (Å²) in [6.45, 7) is 5.43. The summed E-state index contributed by atoms with van der Waals surface area (Å²) in [5.41, 5.74) is 3.70. The molecule has 1 aliphatic carbocycles. The number of thiophene rings is 1. The van der Waals surface area contributed by atoms with Gasteiger partial charge in [0.15, 0.2) is 0 Å². The highest BCUT2D eigenvalue weighted by Gasteiger charge is 2.32. The summed E-state index contributed by atoms with van der Waals surface area (Å²) in [4.78, 5) is 33.5. The van der Waals surface area contributed by atoms with Crippen molar-refractivity contribution in [2.45, 2.75) is 26.2 Å². The molecule has 2 aliphatic rings. The molecule has 1 aromatic heterocycles. The van der Waals surface area contributed by atoms with Crippen LogP contribution < -0.4 is 4.90 Å². The summed E-state index contributed by atoms with van der Waals surface area (Å²) in [5, 5.41) is 0. The van der Waals surface area contributed by atoms with Crippen LogP contribution in [0.3, 0.4) is 0 Å². The lowest BCUT2D eigenvalue weighted by molar-refractivity contribution is -0.136. The molecule has 0 bridgehead atoms. The van der Waals surface area contributed by atoms with Gasteiger partial charge in [0.25, 0.3) is 5.91 Å². The molecule has 0 N–H and O–H groups in total. The lowest BCUT2D eigenvalue weighted by Gasteiger charge is -2.38. The molecule has 29 heavy (non-hydrogen) atoms. The third-order valence-corrected chi connectivity index (χ3v) is 7.26. The van der Waals surface area contributed by atoms with E-state index >= 15 is 0 Å². The summed E-state index contributed by atoms with van der Waals surface area (Å²) >= 11 is 1.60. The lowest BCUT2D eigenvalue weighted by atomic mass is 9.87. The number of rotatable bonds is 3. The maximum absolute atomic E-state index is 13.1. The summed E-state index contributed by atoms with van der Waals surface area (Å²) in [6, 6.07) is 10.6. The van der Waals surface area contributed by atoms with E-state index in [1.165, 1.54) is 21.7 Å². The second-order valence-corrected chi connectivity index (χ2v) is 9.48. The van der Waals surface area contributed by atoms with E-state index in [1.54, 1.807) is 30.3 Å². The van der Waals surface area contributed by atoms with Crippen LogP contribution in [-0.2, 0) is 17.6 Å². The predicted octanol–water partition coefficient (Wildman–Crippen LogP) is 3.21. The van der Waals surface area contributed by atoms with Gasteiger partial charge in [-0.1, -0.05) is 17.7 Å². The van der Waals surface area contributed by atoms with Crippen LogP contribution in [-0.4, -0.2) is 61.9 Å². The van der Waals surface area contributed by atoms with Crippen molar-refractivity contribution in [3.63, 3.8) is 0 Å². The molecule has 4 rings (SSSR count). The Morgan fingerprint density at radius 1 is 1.07 bits per heavy atom. The van der Waals surface area contributed by atoms with Gasteiger partial charge in [-0.15, -0.1) is 11.3 Å². The number of piperazine rings is 1. The monoisotopic (exact) mass is 411 g/mol. The first-order valence-corrected chi connectivity index (χ1v) is 11.2. The number of aryl methyl sites for hydroxylation is 2. The second-order valence-electron chi connectivity index (χ2n) is 8.35. The van der Waals surface area contributed by atoms with E-state index in [0.717, 1.165) is 50.3 Å². The zero-order valence-corrected chi connectivity index (χ0v) is 18.3. The third kappa shape index (κ3) is 4.17. The number of hydrogen-bond acceptors (Lipinski definition) is 4. The fourth-order valence-electron chi connectivity index (χ4n) is 4.26. The minimum atomic E-state index is 0.0466. The fourth-order valence-corrected chi connectivity index (χ4v) is 5.49. The summed E-state index contributed by atoms with van der Waals surface area (Å²) in [5.74, 6) is 0.385. The minimum absolute atomic E-state index is 0.0466. The van der Waals surface area contributed by atoms with Crippen molar-refractivity contribution >= 4 is 28.8 Å². The van der Waals surface area contributed by atoms with Crippen molar-refractivity contribution in [1.82, 2.24) is 9.80 Å². The Bertz CT molecular complexity index is 895. The predicted molar refractivity (Wildman–Crippen MR) is 118 cm³/mol. The zero-order chi connectivity index (χ0) is 20.5. The molecule has 6 heteroatoms. The number of benzene rings is 1. The van der Waals surface area contributed by atoms with E-state index in [9.17, 15) is 9.59 Å². The van der Waals surface area contributed by atoms with Gasteiger partial charge in [0, 0.05) is 56.8 Å². The largest absolute Gasteiger partial charge is 0.368 e. The van der Waals surface area contributed by atoms with E-state index in [-0.39, 0.29) is 17.7 Å². The fraction of sp³-hybridized carbons (Fsp3) is 0.478. The molecule has 2 amide bonds. The number of carbonyl (C=O) groups excluding carboxylic acids is 2. The Labute approximate surface area is 176 Å². The second kappa shape index (κ2) is 8.19. The number of hydrogen-bond donors (Lipinski definition) is 0. The number of nitrogens with zero attached hydrogens (tertiary/aromatic N) is 3. The highest BCUT2D eigenvalue weighted by molar-refractivity contribution is 7.14. The van der Waals surface area contributed by atoms with E-state index in [2.05, 4.69) is 36.1 Å². The summed E-state index contributed by atoms with van der Waals surface area (Å²) < 4.78 is 0. The smallest absolute Gasteiger partial charge is 0.263 e. The van der Waals surface area contributed by atoms with Crippen LogP contribution >= 0.6 is 11.3 Å². The van der Waals surface area contributed by atoms with Gasteiger partial charge >= 0.3 is 0 Å². The highest BCUT2D eigenvalue weighted by atomic mass is 32.1. The average molecular weight is 412 g/mol. The first-order chi connectivity index (χ1) is 13.9. The molecule has 1 saturated heterocycles. The molecule has 1 atom stereocenters. The van der Waals surface area contributed by atoms with Gasteiger partial charge in [-0.05, 0) is 49.9 Å². The Morgan fingerprint density at radius 2 is 1.76 bits per heavy atom. The third-order valence-electron chi connectivity index (χ3n) is 6.04. The lowest BCUT2D eigenvalue weighted by Crippen LogP contribution is -2.51.